The minimum absolute atomic E-state index is 0.409. The van der Waals surface area contributed by atoms with Crippen molar-refractivity contribution in [2.45, 2.75) is 19.9 Å². The fourth-order valence-corrected chi connectivity index (χ4v) is 3.86. The van der Waals surface area contributed by atoms with E-state index in [2.05, 4.69) is 21.2 Å². The first-order valence-corrected chi connectivity index (χ1v) is 9.96. The Labute approximate surface area is 150 Å². The number of anilines is 2. The largest absolute Gasteiger partial charge is 0.323 e. The first-order valence-electron chi connectivity index (χ1n) is 7.31. The van der Waals surface area contributed by atoms with E-state index >= 15 is 0 Å². The molecule has 1 atom stereocenters. The maximum absolute atomic E-state index is 12.6. The SMILES string of the molecule is Cc1ccc(N([C@H](C)C(=O)Nc2ccccc2Br)S(C)(=O)=O)cc1. The molecular weight excluding hydrogens is 392 g/mol. The van der Waals surface area contributed by atoms with Crippen LogP contribution in [0.15, 0.2) is 53.0 Å². The van der Waals surface area contributed by atoms with Crippen molar-refractivity contribution in [2.24, 2.45) is 0 Å². The Balaban J connectivity index is 2.31. The van der Waals surface area contributed by atoms with E-state index in [1.807, 2.05) is 25.1 Å². The summed E-state index contributed by atoms with van der Waals surface area (Å²) in [6.45, 7) is 3.48. The number of hydrogen-bond acceptors (Lipinski definition) is 3. The summed E-state index contributed by atoms with van der Waals surface area (Å²) in [5, 5.41) is 2.75. The molecule has 7 heteroatoms. The van der Waals surface area contributed by atoms with Gasteiger partial charge in [0.25, 0.3) is 0 Å². The maximum atomic E-state index is 12.6. The molecule has 0 unspecified atom stereocenters. The standard InChI is InChI=1S/C17H19BrN2O3S/c1-12-8-10-14(11-9-12)20(24(3,22)23)13(2)17(21)19-16-7-5-4-6-15(16)18/h4-11,13H,1-3H3,(H,19,21)/t13-/m1/s1. The highest BCUT2D eigenvalue weighted by Gasteiger charge is 2.29. The maximum Gasteiger partial charge on any atom is 0.248 e. The summed E-state index contributed by atoms with van der Waals surface area (Å²) in [4.78, 5) is 12.6. The van der Waals surface area contributed by atoms with Crippen LogP contribution < -0.4 is 9.62 Å². The fraction of sp³-hybridized carbons (Fsp3) is 0.235. The van der Waals surface area contributed by atoms with Gasteiger partial charge < -0.3 is 5.32 Å². The predicted octanol–water partition coefficient (Wildman–Crippen LogP) is 3.55. The van der Waals surface area contributed by atoms with Crippen LogP contribution in [0.1, 0.15) is 12.5 Å². The lowest BCUT2D eigenvalue weighted by Crippen LogP contribution is -2.45. The highest BCUT2D eigenvalue weighted by molar-refractivity contribution is 9.10. The molecule has 5 nitrogen and oxygen atoms in total. The molecule has 0 bridgehead atoms. The van der Waals surface area contributed by atoms with Gasteiger partial charge in [0.1, 0.15) is 6.04 Å². The zero-order valence-electron chi connectivity index (χ0n) is 13.7. The fourth-order valence-electron chi connectivity index (χ4n) is 2.30. The molecule has 2 aromatic carbocycles. The summed E-state index contributed by atoms with van der Waals surface area (Å²) in [5.74, 6) is -0.409. The summed E-state index contributed by atoms with van der Waals surface area (Å²) < 4.78 is 26.3. The number of rotatable bonds is 5. The predicted molar refractivity (Wildman–Crippen MR) is 101 cm³/mol. The van der Waals surface area contributed by atoms with Crippen molar-refractivity contribution in [3.63, 3.8) is 0 Å². The number of aryl methyl sites for hydroxylation is 1. The van der Waals surface area contributed by atoms with Gasteiger partial charge in [-0.25, -0.2) is 8.42 Å². The molecule has 2 rings (SSSR count). The summed E-state index contributed by atoms with van der Waals surface area (Å²) in [6.07, 6.45) is 1.09. The molecule has 0 saturated carbocycles. The molecule has 2 aromatic rings. The third-order valence-corrected chi connectivity index (χ3v) is 5.44. The van der Waals surface area contributed by atoms with Gasteiger partial charge in [-0.15, -0.1) is 0 Å². The van der Waals surface area contributed by atoms with Crippen LogP contribution in [0.25, 0.3) is 0 Å². The summed E-state index contributed by atoms with van der Waals surface area (Å²) in [7, 11) is -3.62. The Bertz CT molecular complexity index is 835. The second kappa shape index (κ2) is 7.36. The van der Waals surface area contributed by atoms with Crippen LogP contribution in [0.2, 0.25) is 0 Å². The lowest BCUT2D eigenvalue weighted by Gasteiger charge is -2.28. The van der Waals surface area contributed by atoms with Gasteiger partial charge in [-0.05, 0) is 54.0 Å². The van der Waals surface area contributed by atoms with Crippen molar-refractivity contribution in [3.05, 3.63) is 58.6 Å². The minimum atomic E-state index is -3.62. The lowest BCUT2D eigenvalue weighted by atomic mass is 10.2. The van der Waals surface area contributed by atoms with Gasteiger partial charge in [-0.3, -0.25) is 9.10 Å². The van der Waals surface area contributed by atoms with Crippen molar-refractivity contribution in [2.75, 3.05) is 15.9 Å². The molecule has 0 heterocycles. The van der Waals surface area contributed by atoms with Crippen LogP contribution in [0.4, 0.5) is 11.4 Å². The molecule has 128 valence electrons. The first-order chi connectivity index (χ1) is 11.2. The van der Waals surface area contributed by atoms with E-state index in [0.717, 1.165) is 20.6 Å². The van der Waals surface area contributed by atoms with Crippen LogP contribution >= 0.6 is 15.9 Å². The number of sulfonamides is 1. The minimum Gasteiger partial charge on any atom is -0.323 e. The number of carbonyl (C=O) groups excluding carboxylic acids is 1. The van der Waals surface area contributed by atoms with Crippen molar-refractivity contribution in [3.8, 4) is 0 Å². The second-order valence-corrected chi connectivity index (χ2v) is 8.25. The zero-order chi connectivity index (χ0) is 17.9. The molecule has 0 radical (unpaired) electrons. The van der Waals surface area contributed by atoms with Crippen molar-refractivity contribution >= 4 is 43.2 Å². The van der Waals surface area contributed by atoms with Gasteiger partial charge in [0.05, 0.1) is 17.6 Å². The van der Waals surface area contributed by atoms with E-state index in [1.165, 1.54) is 0 Å². The molecule has 0 fully saturated rings. The van der Waals surface area contributed by atoms with Crippen LogP contribution in [-0.2, 0) is 14.8 Å². The van der Waals surface area contributed by atoms with Crippen LogP contribution in [0.5, 0.6) is 0 Å². The number of carbonyl (C=O) groups is 1. The van der Waals surface area contributed by atoms with Gasteiger partial charge in [0, 0.05) is 4.47 Å². The number of benzene rings is 2. The van der Waals surface area contributed by atoms with E-state index in [9.17, 15) is 13.2 Å². The number of amides is 1. The Morgan fingerprint density at radius 3 is 2.25 bits per heavy atom. The Morgan fingerprint density at radius 2 is 1.71 bits per heavy atom. The van der Waals surface area contributed by atoms with E-state index < -0.39 is 22.0 Å². The third-order valence-electron chi connectivity index (χ3n) is 3.51. The average Bonchev–Trinajstić information content (AvgIpc) is 2.50. The topological polar surface area (TPSA) is 66.5 Å². The highest BCUT2D eigenvalue weighted by atomic mass is 79.9. The van der Waals surface area contributed by atoms with Gasteiger partial charge in [-0.2, -0.15) is 0 Å². The Hall–Kier alpha value is -1.86. The number of para-hydroxylation sites is 1. The number of nitrogens with zero attached hydrogens (tertiary/aromatic N) is 1. The molecule has 1 N–H and O–H groups in total. The summed E-state index contributed by atoms with van der Waals surface area (Å²) in [5.41, 5.74) is 2.06. The van der Waals surface area contributed by atoms with Gasteiger partial charge in [-0.1, -0.05) is 29.8 Å². The third kappa shape index (κ3) is 4.36. The number of halogens is 1. The van der Waals surface area contributed by atoms with Crippen molar-refractivity contribution in [1.82, 2.24) is 0 Å². The van der Waals surface area contributed by atoms with E-state index in [1.54, 1.807) is 37.3 Å². The van der Waals surface area contributed by atoms with Crippen molar-refractivity contribution < 1.29 is 13.2 Å². The normalized spacial score (nSPS) is 12.5. The van der Waals surface area contributed by atoms with Crippen LogP contribution in [-0.4, -0.2) is 26.6 Å². The van der Waals surface area contributed by atoms with Crippen LogP contribution in [0, 0.1) is 6.92 Å². The Kier molecular flexibility index (Phi) is 5.66. The van der Waals surface area contributed by atoms with E-state index in [-0.39, 0.29) is 0 Å². The zero-order valence-corrected chi connectivity index (χ0v) is 16.1. The molecular formula is C17H19BrN2O3S. The number of hydrogen-bond donors (Lipinski definition) is 1. The van der Waals surface area contributed by atoms with E-state index in [4.69, 9.17) is 0 Å². The molecule has 0 spiro atoms. The average molecular weight is 411 g/mol. The van der Waals surface area contributed by atoms with Gasteiger partial charge >= 0.3 is 0 Å². The van der Waals surface area contributed by atoms with E-state index in [0.29, 0.717) is 11.4 Å². The molecule has 0 saturated heterocycles. The number of nitrogens with one attached hydrogen (secondary N) is 1. The van der Waals surface area contributed by atoms with Gasteiger partial charge in [0.2, 0.25) is 15.9 Å². The lowest BCUT2D eigenvalue weighted by molar-refractivity contribution is -0.116. The van der Waals surface area contributed by atoms with Crippen molar-refractivity contribution in [1.29, 1.82) is 0 Å². The smallest absolute Gasteiger partial charge is 0.248 e. The first kappa shape index (κ1) is 18.5. The monoisotopic (exact) mass is 410 g/mol. The Morgan fingerprint density at radius 1 is 1.12 bits per heavy atom. The quantitative estimate of drug-likeness (QED) is 0.819. The molecule has 0 aliphatic heterocycles. The van der Waals surface area contributed by atoms with Gasteiger partial charge in [0.15, 0.2) is 0 Å². The molecule has 0 aromatic heterocycles. The molecule has 0 aliphatic carbocycles. The molecule has 24 heavy (non-hydrogen) atoms. The van der Waals surface area contributed by atoms with Crippen LogP contribution in [0.3, 0.4) is 0 Å². The summed E-state index contributed by atoms with van der Waals surface area (Å²) >= 11 is 3.36. The second-order valence-electron chi connectivity index (χ2n) is 5.54. The summed E-state index contributed by atoms with van der Waals surface area (Å²) in [6, 6.07) is 13.3. The highest BCUT2D eigenvalue weighted by Crippen LogP contribution is 2.24. The molecule has 0 aliphatic rings. The molecule has 1 amide bonds.